The highest BCUT2D eigenvalue weighted by Gasteiger charge is 2.26. The first kappa shape index (κ1) is 22.3. The second kappa shape index (κ2) is 9.68. The number of benzene rings is 2. The molecule has 2 aromatic carbocycles. The summed E-state index contributed by atoms with van der Waals surface area (Å²) in [6, 6.07) is 14.2. The van der Waals surface area contributed by atoms with E-state index in [0.29, 0.717) is 40.1 Å². The van der Waals surface area contributed by atoms with Gasteiger partial charge >= 0.3 is 11.9 Å². The zero-order chi connectivity index (χ0) is 23.4. The third-order valence-electron chi connectivity index (χ3n) is 5.30. The smallest absolute Gasteiger partial charge is 0.344 e. The summed E-state index contributed by atoms with van der Waals surface area (Å²) < 4.78 is 12.2. The maximum atomic E-state index is 13.0. The number of para-hydroxylation sites is 2. The molecule has 4 rings (SSSR count). The number of ether oxygens (including phenoxy) is 2. The van der Waals surface area contributed by atoms with Crippen molar-refractivity contribution in [3.05, 3.63) is 59.7 Å². The van der Waals surface area contributed by atoms with Crippen LogP contribution in [0.5, 0.6) is 0 Å². The normalized spacial score (nSPS) is 11.1. The van der Waals surface area contributed by atoms with Crippen LogP contribution in [-0.4, -0.2) is 39.7 Å². The van der Waals surface area contributed by atoms with Crippen LogP contribution in [0, 0.1) is 0 Å². The van der Waals surface area contributed by atoms with Gasteiger partial charge in [-0.1, -0.05) is 38.0 Å². The fourth-order valence-corrected chi connectivity index (χ4v) is 3.70. The number of carbonyl (C=O) groups is 2. The summed E-state index contributed by atoms with van der Waals surface area (Å²) in [4.78, 5) is 34.7. The molecule has 0 saturated carbocycles. The molecule has 0 aliphatic rings. The summed E-state index contributed by atoms with van der Waals surface area (Å²) in [5.74, 6) is -0.832. The van der Waals surface area contributed by atoms with Crippen molar-refractivity contribution in [2.45, 2.75) is 33.1 Å². The summed E-state index contributed by atoms with van der Waals surface area (Å²) in [5.41, 5.74) is 9.66. The Kier molecular flexibility index (Phi) is 6.53. The van der Waals surface area contributed by atoms with E-state index in [4.69, 9.17) is 20.2 Å². The van der Waals surface area contributed by atoms with Gasteiger partial charge < -0.3 is 15.2 Å². The van der Waals surface area contributed by atoms with Crippen molar-refractivity contribution in [2.75, 3.05) is 18.9 Å². The second-order valence-electron chi connectivity index (χ2n) is 7.59. The van der Waals surface area contributed by atoms with Gasteiger partial charge in [0.25, 0.3) is 0 Å². The minimum atomic E-state index is -0.543. The van der Waals surface area contributed by atoms with Gasteiger partial charge in [0.05, 0.1) is 29.8 Å². The lowest BCUT2D eigenvalue weighted by Gasteiger charge is -2.10. The Hall–Kier alpha value is -3.94. The molecule has 8 nitrogen and oxygen atoms in total. The third kappa shape index (κ3) is 4.37. The van der Waals surface area contributed by atoms with Crippen molar-refractivity contribution in [1.82, 2.24) is 14.5 Å². The number of rotatable bonds is 8. The summed E-state index contributed by atoms with van der Waals surface area (Å²) in [6.07, 6.45) is 2.76. The number of carbonyl (C=O) groups excluding carboxylic acids is 2. The fourth-order valence-electron chi connectivity index (χ4n) is 3.70. The molecule has 0 unspecified atom stereocenters. The molecule has 2 N–H and O–H groups in total. The van der Waals surface area contributed by atoms with Crippen LogP contribution < -0.4 is 5.73 Å². The highest BCUT2D eigenvalue weighted by Crippen LogP contribution is 2.32. The molecule has 33 heavy (non-hydrogen) atoms. The van der Waals surface area contributed by atoms with Crippen molar-refractivity contribution in [2.24, 2.45) is 0 Å². The van der Waals surface area contributed by atoms with Crippen LogP contribution in [0.3, 0.4) is 0 Å². The van der Waals surface area contributed by atoms with Gasteiger partial charge in [0.15, 0.2) is 5.65 Å². The average Bonchev–Trinajstić information content (AvgIpc) is 3.11. The first-order chi connectivity index (χ1) is 16.0. The van der Waals surface area contributed by atoms with Crippen LogP contribution in [0.2, 0.25) is 0 Å². The third-order valence-corrected chi connectivity index (χ3v) is 5.30. The Morgan fingerprint density at radius 2 is 1.70 bits per heavy atom. The van der Waals surface area contributed by atoms with Gasteiger partial charge in [0.1, 0.15) is 16.9 Å². The molecular formula is C25H26N4O4. The minimum Gasteiger partial charge on any atom is -0.462 e. The van der Waals surface area contributed by atoms with Gasteiger partial charge in [-0.2, -0.15) is 0 Å². The number of esters is 2. The molecule has 0 saturated heterocycles. The van der Waals surface area contributed by atoms with Crippen LogP contribution in [0.4, 0.5) is 5.82 Å². The maximum absolute atomic E-state index is 13.0. The van der Waals surface area contributed by atoms with Crippen molar-refractivity contribution >= 4 is 40.0 Å². The molecule has 0 aliphatic heterocycles. The molecular weight excluding hydrogens is 420 g/mol. The molecule has 2 heterocycles. The Morgan fingerprint density at radius 3 is 2.42 bits per heavy atom. The highest BCUT2D eigenvalue weighted by molar-refractivity contribution is 6.09. The van der Waals surface area contributed by atoms with Gasteiger partial charge in [0, 0.05) is 5.69 Å². The summed E-state index contributed by atoms with van der Waals surface area (Å²) in [5, 5.41) is 0. The molecule has 0 spiro atoms. The van der Waals surface area contributed by atoms with E-state index in [9.17, 15) is 9.59 Å². The number of hydrogen-bond acceptors (Lipinski definition) is 7. The Labute approximate surface area is 191 Å². The number of unbranched alkanes of at least 4 members (excludes halogenated alkanes) is 2. The van der Waals surface area contributed by atoms with E-state index in [2.05, 4.69) is 11.9 Å². The van der Waals surface area contributed by atoms with E-state index >= 15 is 0 Å². The van der Waals surface area contributed by atoms with E-state index in [0.717, 1.165) is 19.3 Å². The van der Waals surface area contributed by atoms with Crippen molar-refractivity contribution in [3.8, 4) is 5.69 Å². The van der Waals surface area contributed by atoms with E-state index in [1.54, 1.807) is 35.8 Å². The molecule has 0 aliphatic carbocycles. The first-order valence-corrected chi connectivity index (χ1v) is 11.1. The lowest BCUT2D eigenvalue weighted by atomic mass is 10.2. The SMILES string of the molecule is CCCCCOC(=O)c1c(N)n(-c2cccc(C(=O)OCC)c2)c2nc3ccccc3nc12. The van der Waals surface area contributed by atoms with Crippen LogP contribution in [0.15, 0.2) is 48.5 Å². The predicted molar refractivity (Wildman–Crippen MR) is 127 cm³/mol. The molecule has 8 heteroatoms. The van der Waals surface area contributed by atoms with Gasteiger partial charge in [0.2, 0.25) is 0 Å². The fraction of sp³-hybridized carbons (Fsp3) is 0.280. The Bertz CT molecular complexity index is 1330. The zero-order valence-corrected chi connectivity index (χ0v) is 18.7. The van der Waals surface area contributed by atoms with Crippen molar-refractivity contribution in [3.63, 3.8) is 0 Å². The largest absolute Gasteiger partial charge is 0.462 e. The minimum absolute atomic E-state index is 0.154. The number of fused-ring (bicyclic) bond motifs is 2. The van der Waals surface area contributed by atoms with Crippen LogP contribution in [0.1, 0.15) is 53.8 Å². The highest BCUT2D eigenvalue weighted by atomic mass is 16.5. The topological polar surface area (TPSA) is 109 Å². The quantitative estimate of drug-likeness (QED) is 0.309. The molecule has 0 atom stereocenters. The summed E-state index contributed by atoms with van der Waals surface area (Å²) in [6.45, 7) is 4.40. The van der Waals surface area contributed by atoms with E-state index in [1.165, 1.54) is 0 Å². The molecule has 170 valence electrons. The number of aromatic nitrogens is 3. The van der Waals surface area contributed by atoms with Gasteiger partial charge in [-0.25, -0.2) is 19.6 Å². The van der Waals surface area contributed by atoms with Gasteiger partial charge in [-0.05, 0) is 43.7 Å². The lowest BCUT2D eigenvalue weighted by molar-refractivity contribution is 0.0498. The predicted octanol–water partition coefficient (Wildman–Crippen LogP) is 4.68. The Balaban J connectivity index is 1.88. The summed E-state index contributed by atoms with van der Waals surface area (Å²) in [7, 11) is 0. The molecule has 0 bridgehead atoms. The zero-order valence-electron chi connectivity index (χ0n) is 18.7. The monoisotopic (exact) mass is 446 g/mol. The summed E-state index contributed by atoms with van der Waals surface area (Å²) >= 11 is 0. The average molecular weight is 447 g/mol. The molecule has 0 amide bonds. The lowest BCUT2D eigenvalue weighted by Crippen LogP contribution is -2.10. The second-order valence-corrected chi connectivity index (χ2v) is 7.59. The van der Waals surface area contributed by atoms with E-state index < -0.39 is 11.9 Å². The maximum Gasteiger partial charge on any atom is 0.344 e. The number of nitrogens with two attached hydrogens (primary N) is 1. The van der Waals surface area contributed by atoms with Gasteiger partial charge in [-0.15, -0.1) is 0 Å². The molecule has 4 aromatic rings. The van der Waals surface area contributed by atoms with Gasteiger partial charge in [-0.3, -0.25) is 4.57 Å². The standard InChI is InChI=1S/C25H26N4O4/c1-3-5-8-14-33-25(31)20-21-23(28-19-13-7-6-12-18(19)27-21)29(22(20)26)17-11-9-10-16(15-17)24(30)32-4-2/h6-7,9-13,15H,3-5,8,14,26H2,1-2H3. The molecule has 0 fully saturated rings. The number of nitrogens with zero attached hydrogens (tertiary/aromatic N) is 3. The van der Waals surface area contributed by atoms with Crippen LogP contribution in [-0.2, 0) is 9.47 Å². The van der Waals surface area contributed by atoms with E-state index in [-0.39, 0.29) is 18.0 Å². The number of anilines is 1. The van der Waals surface area contributed by atoms with Crippen molar-refractivity contribution in [1.29, 1.82) is 0 Å². The molecule has 2 aromatic heterocycles. The number of nitrogen functional groups attached to an aromatic ring is 1. The van der Waals surface area contributed by atoms with Crippen LogP contribution >= 0.6 is 0 Å². The van der Waals surface area contributed by atoms with Crippen LogP contribution in [0.25, 0.3) is 27.9 Å². The first-order valence-electron chi connectivity index (χ1n) is 11.1. The Morgan fingerprint density at radius 1 is 0.939 bits per heavy atom. The number of hydrogen-bond donors (Lipinski definition) is 1. The van der Waals surface area contributed by atoms with Crippen molar-refractivity contribution < 1.29 is 19.1 Å². The molecule has 0 radical (unpaired) electrons. The van der Waals surface area contributed by atoms with E-state index in [1.807, 2.05) is 24.3 Å².